The number of rotatable bonds is 3. The van der Waals surface area contributed by atoms with Crippen LogP contribution in [-0.4, -0.2) is 30.4 Å². The first-order valence-electron chi connectivity index (χ1n) is 7.83. The van der Waals surface area contributed by atoms with Crippen molar-refractivity contribution < 1.29 is 13.2 Å². The van der Waals surface area contributed by atoms with E-state index in [1.807, 2.05) is 6.92 Å². The Balaban J connectivity index is 1.97. The Kier molecular flexibility index (Phi) is 3.11. The zero-order valence-electron chi connectivity index (χ0n) is 13.1. The number of carbonyl (C=O) groups excluding carboxylic acids is 1. The lowest BCUT2D eigenvalue weighted by molar-refractivity contribution is -0.129. The third kappa shape index (κ3) is 1.79. The molecule has 0 aromatic heterocycles. The lowest BCUT2D eigenvalue weighted by atomic mass is 9.69. The van der Waals surface area contributed by atoms with Gasteiger partial charge in [0.25, 0.3) is 0 Å². The van der Waals surface area contributed by atoms with Crippen LogP contribution in [0.1, 0.15) is 46.5 Å². The van der Waals surface area contributed by atoms with Crippen LogP contribution in [0.5, 0.6) is 0 Å². The summed E-state index contributed by atoms with van der Waals surface area (Å²) in [5.41, 5.74) is -0.201. The maximum atomic E-state index is 12.6. The Bertz CT molecular complexity index is 595. The van der Waals surface area contributed by atoms with Gasteiger partial charge >= 0.3 is 0 Å². The molecular weight excluding hydrogens is 286 g/mol. The van der Waals surface area contributed by atoms with Gasteiger partial charge in [-0.05, 0) is 36.5 Å². The van der Waals surface area contributed by atoms with Crippen LogP contribution in [0.2, 0.25) is 0 Å². The summed E-state index contributed by atoms with van der Waals surface area (Å²) in [6, 6.07) is -0.110. The number of amides is 1. The molecule has 3 aliphatic rings. The van der Waals surface area contributed by atoms with Gasteiger partial charge in [0, 0.05) is 11.8 Å². The molecule has 0 aromatic rings. The van der Waals surface area contributed by atoms with Crippen LogP contribution in [0, 0.1) is 22.7 Å². The number of hydrogen-bond acceptors (Lipinski definition) is 3. The van der Waals surface area contributed by atoms with E-state index in [1.165, 1.54) is 4.31 Å². The van der Waals surface area contributed by atoms with Crippen molar-refractivity contribution in [1.29, 1.82) is 0 Å². The fraction of sp³-hybridized carbons (Fsp3) is 0.812. The molecule has 4 nitrogen and oxygen atoms in total. The maximum Gasteiger partial charge on any atom is 0.238 e. The molecule has 1 spiro atoms. The molecular formula is C16H25NO3S. The Morgan fingerprint density at radius 2 is 2.14 bits per heavy atom. The predicted octanol–water partition coefficient (Wildman–Crippen LogP) is 2.57. The molecule has 0 radical (unpaired) electrons. The van der Waals surface area contributed by atoms with Crippen molar-refractivity contribution in [1.82, 2.24) is 4.31 Å². The summed E-state index contributed by atoms with van der Waals surface area (Å²) in [7, 11) is -3.46. The topological polar surface area (TPSA) is 54.5 Å². The Labute approximate surface area is 127 Å². The van der Waals surface area contributed by atoms with E-state index < -0.39 is 10.0 Å². The molecule has 3 rings (SSSR count). The van der Waals surface area contributed by atoms with E-state index in [1.54, 1.807) is 6.08 Å². The van der Waals surface area contributed by atoms with Gasteiger partial charge in [-0.15, -0.1) is 6.58 Å². The zero-order chi connectivity index (χ0) is 15.6. The Morgan fingerprint density at radius 1 is 1.48 bits per heavy atom. The van der Waals surface area contributed by atoms with E-state index in [4.69, 9.17) is 0 Å². The normalized spacial score (nSPS) is 40.0. The Morgan fingerprint density at radius 3 is 2.71 bits per heavy atom. The first-order valence-corrected chi connectivity index (χ1v) is 9.44. The standard InChI is InChI=1S/C16H25NO3S/c1-5-11(2)8-14(18)17-13-9-12-6-7-16(13,15(12,3)4)10-21(17,19)20/h5,11-13H,1,6-10H2,2-4H3/t11-,12-,13-,16+/m1/s1. The highest BCUT2D eigenvalue weighted by atomic mass is 32.2. The number of sulfonamides is 1. The average Bonchev–Trinajstić information content (AvgIpc) is 2.84. The van der Waals surface area contributed by atoms with Gasteiger partial charge in [-0.1, -0.05) is 26.8 Å². The highest BCUT2D eigenvalue weighted by Gasteiger charge is 2.72. The quantitative estimate of drug-likeness (QED) is 0.753. The molecule has 3 fully saturated rings. The molecule has 0 N–H and O–H groups in total. The minimum absolute atomic E-state index is 0.0100. The van der Waals surface area contributed by atoms with Crippen molar-refractivity contribution in [3.63, 3.8) is 0 Å². The summed E-state index contributed by atoms with van der Waals surface area (Å²) >= 11 is 0. The van der Waals surface area contributed by atoms with E-state index in [2.05, 4.69) is 20.4 Å². The number of allylic oxidation sites excluding steroid dienone is 1. The second kappa shape index (κ2) is 4.34. The van der Waals surface area contributed by atoms with Gasteiger partial charge in [0.2, 0.25) is 15.9 Å². The number of carbonyl (C=O) groups is 1. The van der Waals surface area contributed by atoms with E-state index in [9.17, 15) is 13.2 Å². The van der Waals surface area contributed by atoms with Crippen molar-refractivity contribution in [3.05, 3.63) is 12.7 Å². The first kappa shape index (κ1) is 15.1. The molecule has 0 aromatic carbocycles. The van der Waals surface area contributed by atoms with Crippen LogP contribution < -0.4 is 0 Å². The fourth-order valence-corrected chi connectivity index (χ4v) is 7.63. The van der Waals surface area contributed by atoms with Crippen molar-refractivity contribution in [2.75, 3.05) is 5.75 Å². The van der Waals surface area contributed by atoms with Crippen molar-refractivity contribution in [2.24, 2.45) is 22.7 Å². The molecule has 5 heteroatoms. The first-order chi connectivity index (χ1) is 9.65. The molecule has 1 saturated heterocycles. The molecule has 2 aliphatic carbocycles. The van der Waals surface area contributed by atoms with E-state index >= 15 is 0 Å². The molecule has 1 heterocycles. The van der Waals surface area contributed by atoms with Gasteiger partial charge in [-0.2, -0.15) is 0 Å². The second-order valence-electron chi connectivity index (χ2n) is 7.73. The van der Waals surface area contributed by atoms with E-state index in [0.29, 0.717) is 5.92 Å². The zero-order valence-corrected chi connectivity index (χ0v) is 13.9. The molecule has 1 aliphatic heterocycles. The third-order valence-corrected chi connectivity index (χ3v) is 8.49. The molecule has 0 unspecified atom stereocenters. The van der Waals surface area contributed by atoms with Crippen LogP contribution in [0.3, 0.4) is 0 Å². The molecule has 21 heavy (non-hydrogen) atoms. The summed E-state index contributed by atoms with van der Waals surface area (Å²) in [6.45, 7) is 9.97. The molecule has 1 amide bonds. The summed E-state index contributed by atoms with van der Waals surface area (Å²) in [5.74, 6) is 0.469. The van der Waals surface area contributed by atoms with Gasteiger partial charge in [0.15, 0.2) is 0 Å². The monoisotopic (exact) mass is 311 g/mol. The minimum Gasteiger partial charge on any atom is -0.274 e. The summed E-state index contributed by atoms with van der Waals surface area (Å²) in [5, 5.41) is 0. The van der Waals surface area contributed by atoms with Crippen LogP contribution in [0.25, 0.3) is 0 Å². The largest absolute Gasteiger partial charge is 0.274 e. The summed E-state index contributed by atoms with van der Waals surface area (Å²) < 4.78 is 26.5. The SMILES string of the molecule is C=C[C@@H](C)CC(=O)N1[C@@H]2C[C@H]3CC[C@@]2(CS1(=O)=O)C3(C)C. The molecule has 2 bridgehead atoms. The van der Waals surface area contributed by atoms with Crippen LogP contribution in [0.4, 0.5) is 0 Å². The maximum absolute atomic E-state index is 12.6. The number of nitrogens with zero attached hydrogens (tertiary/aromatic N) is 1. The number of hydrogen-bond donors (Lipinski definition) is 0. The lowest BCUT2D eigenvalue weighted by Crippen LogP contribution is -2.44. The lowest BCUT2D eigenvalue weighted by Gasteiger charge is -2.37. The minimum atomic E-state index is -3.46. The smallest absolute Gasteiger partial charge is 0.238 e. The molecule has 2 saturated carbocycles. The van der Waals surface area contributed by atoms with Crippen LogP contribution >= 0.6 is 0 Å². The van der Waals surface area contributed by atoms with Crippen molar-refractivity contribution >= 4 is 15.9 Å². The fourth-order valence-electron chi connectivity index (χ4n) is 5.07. The highest BCUT2D eigenvalue weighted by Crippen LogP contribution is 2.70. The predicted molar refractivity (Wildman–Crippen MR) is 82.0 cm³/mol. The highest BCUT2D eigenvalue weighted by molar-refractivity contribution is 7.90. The second-order valence-corrected chi connectivity index (χ2v) is 9.57. The number of fused-ring (bicyclic) bond motifs is 1. The van der Waals surface area contributed by atoms with E-state index in [0.717, 1.165) is 19.3 Å². The average molecular weight is 311 g/mol. The van der Waals surface area contributed by atoms with Gasteiger partial charge in [-0.3, -0.25) is 4.79 Å². The van der Waals surface area contributed by atoms with Crippen LogP contribution in [0.15, 0.2) is 12.7 Å². The van der Waals surface area contributed by atoms with Gasteiger partial charge in [-0.25, -0.2) is 12.7 Å². The van der Waals surface area contributed by atoms with E-state index in [-0.39, 0.29) is 40.9 Å². The van der Waals surface area contributed by atoms with Gasteiger partial charge < -0.3 is 0 Å². The van der Waals surface area contributed by atoms with Crippen LogP contribution in [-0.2, 0) is 14.8 Å². The van der Waals surface area contributed by atoms with Gasteiger partial charge in [0.1, 0.15) is 0 Å². The summed E-state index contributed by atoms with van der Waals surface area (Å²) in [4.78, 5) is 12.6. The molecule has 118 valence electrons. The third-order valence-electron chi connectivity index (χ3n) is 6.56. The van der Waals surface area contributed by atoms with Crippen molar-refractivity contribution in [2.45, 2.75) is 52.5 Å². The molecule has 4 atom stereocenters. The van der Waals surface area contributed by atoms with Crippen molar-refractivity contribution in [3.8, 4) is 0 Å². The van der Waals surface area contributed by atoms with Gasteiger partial charge in [0.05, 0.1) is 11.8 Å². The Hall–Kier alpha value is -0.840. The summed E-state index contributed by atoms with van der Waals surface area (Å²) in [6.07, 6.45) is 4.83.